The molecule has 1 aromatic rings. The van der Waals surface area contributed by atoms with Gasteiger partial charge in [0, 0.05) is 26.1 Å². The Kier molecular flexibility index (Phi) is 5.71. The molecule has 1 fully saturated rings. The van der Waals surface area contributed by atoms with Gasteiger partial charge >= 0.3 is 0 Å². The minimum atomic E-state index is -3.49. The monoisotopic (exact) mass is 381 g/mol. The lowest BCUT2D eigenvalue weighted by atomic mass is 10.0. The normalized spacial score (nSPS) is 20.9. The van der Waals surface area contributed by atoms with Crippen LogP contribution in [-0.4, -0.2) is 56.7 Å². The average Bonchev–Trinajstić information content (AvgIpc) is 3.02. The van der Waals surface area contributed by atoms with Crippen molar-refractivity contribution in [2.24, 2.45) is 5.73 Å². The Balaban J connectivity index is 1.75. The predicted octanol–water partition coefficient (Wildman–Crippen LogP) is -0.444. The van der Waals surface area contributed by atoms with Crippen molar-refractivity contribution in [3.8, 4) is 0 Å². The minimum absolute atomic E-state index is 0.0973. The van der Waals surface area contributed by atoms with Crippen LogP contribution >= 0.6 is 0 Å². The highest BCUT2D eigenvalue weighted by atomic mass is 32.2. The number of nitrogens with one attached hydrogen (secondary N) is 1. The summed E-state index contributed by atoms with van der Waals surface area (Å²) in [5.74, 6) is -0.681. The molecule has 1 unspecified atom stereocenters. The highest BCUT2D eigenvalue weighted by Crippen LogP contribution is 2.32. The van der Waals surface area contributed by atoms with Crippen LogP contribution in [-0.2, 0) is 37.3 Å². The summed E-state index contributed by atoms with van der Waals surface area (Å²) >= 11 is 0. The average molecular weight is 381 g/mol. The molecule has 142 valence electrons. The van der Waals surface area contributed by atoms with Gasteiger partial charge in [-0.2, -0.15) is 0 Å². The first kappa shape index (κ1) is 19.0. The van der Waals surface area contributed by atoms with Gasteiger partial charge in [-0.15, -0.1) is 0 Å². The second kappa shape index (κ2) is 7.83. The Bertz CT molecular complexity index is 809. The van der Waals surface area contributed by atoms with E-state index in [1.165, 1.54) is 0 Å². The molecule has 8 nitrogen and oxygen atoms in total. The Hall–Kier alpha value is -1.81. The molecule has 9 heteroatoms. The molecule has 1 aromatic carbocycles. The first-order chi connectivity index (χ1) is 12.4. The third-order valence-corrected chi connectivity index (χ3v) is 6.47. The summed E-state index contributed by atoms with van der Waals surface area (Å²) in [5, 5.41) is 2.35. The molecule has 0 spiro atoms. The number of carbonyl (C=O) groups is 2. The molecule has 26 heavy (non-hydrogen) atoms. The lowest BCUT2D eigenvalue weighted by Gasteiger charge is -2.29. The Morgan fingerprint density at radius 2 is 2.04 bits per heavy atom. The van der Waals surface area contributed by atoms with Gasteiger partial charge in [0.05, 0.1) is 29.9 Å². The van der Waals surface area contributed by atoms with E-state index in [-0.39, 0.29) is 24.2 Å². The van der Waals surface area contributed by atoms with E-state index >= 15 is 0 Å². The number of sulfone groups is 1. The smallest absolute Gasteiger partial charge is 0.243 e. The molecular formula is C17H23N3O5S. The van der Waals surface area contributed by atoms with Gasteiger partial charge in [-0.3, -0.25) is 19.8 Å². The summed E-state index contributed by atoms with van der Waals surface area (Å²) < 4.78 is 30.6. The van der Waals surface area contributed by atoms with E-state index in [1.54, 1.807) is 12.1 Å². The van der Waals surface area contributed by atoms with Crippen molar-refractivity contribution in [2.45, 2.75) is 36.9 Å². The van der Waals surface area contributed by atoms with Gasteiger partial charge in [0.25, 0.3) is 0 Å². The molecule has 3 rings (SSSR count). The number of fused-ring (bicyclic) bond motifs is 1. The molecule has 0 aliphatic carbocycles. The first-order valence-corrected chi connectivity index (χ1v) is 10.3. The molecule has 3 N–H and O–H groups in total. The Labute approximate surface area is 152 Å². The van der Waals surface area contributed by atoms with Gasteiger partial charge < -0.3 is 10.5 Å². The SMILES string of the molecule is NCCOCCS(=O)(=O)c1cccc2c1CN(C1CCC(=O)NC1=O)C2. The molecule has 0 bridgehead atoms. The number of carbonyl (C=O) groups excluding carboxylic acids is 2. The largest absolute Gasteiger partial charge is 0.379 e. The summed E-state index contributed by atoms with van der Waals surface area (Å²) in [6, 6.07) is 4.79. The van der Waals surface area contributed by atoms with Gasteiger partial charge in [0.1, 0.15) is 0 Å². The number of nitrogens with zero attached hydrogens (tertiary/aromatic N) is 1. The maximum absolute atomic E-state index is 12.7. The topological polar surface area (TPSA) is 119 Å². The van der Waals surface area contributed by atoms with Crippen LogP contribution in [0.4, 0.5) is 0 Å². The van der Waals surface area contributed by atoms with Crippen molar-refractivity contribution in [3.05, 3.63) is 29.3 Å². The van der Waals surface area contributed by atoms with Crippen molar-refractivity contribution in [1.82, 2.24) is 10.2 Å². The number of hydrogen-bond acceptors (Lipinski definition) is 7. The molecular weight excluding hydrogens is 358 g/mol. The Morgan fingerprint density at radius 1 is 1.23 bits per heavy atom. The number of hydrogen-bond donors (Lipinski definition) is 2. The molecule has 2 aliphatic heterocycles. The second-order valence-electron chi connectivity index (χ2n) is 6.49. The van der Waals surface area contributed by atoms with Crippen molar-refractivity contribution < 1.29 is 22.7 Å². The van der Waals surface area contributed by atoms with Crippen LogP contribution in [0.5, 0.6) is 0 Å². The zero-order chi connectivity index (χ0) is 18.7. The van der Waals surface area contributed by atoms with E-state index in [2.05, 4.69) is 5.32 Å². The van der Waals surface area contributed by atoms with Gasteiger partial charge in [-0.05, 0) is 23.6 Å². The van der Waals surface area contributed by atoms with Crippen LogP contribution in [0.1, 0.15) is 24.0 Å². The highest BCUT2D eigenvalue weighted by molar-refractivity contribution is 7.91. The molecule has 0 aromatic heterocycles. The van der Waals surface area contributed by atoms with Gasteiger partial charge in [-0.1, -0.05) is 12.1 Å². The van der Waals surface area contributed by atoms with Gasteiger partial charge in [-0.25, -0.2) is 8.42 Å². The fraction of sp³-hybridized carbons (Fsp3) is 0.529. The fourth-order valence-corrected chi connectivity index (χ4v) is 4.84. The summed E-state index contributed by atoms with van der Waals surface area (Å²) in [6.45, 7) is 1.64. The number of piperidine rings is 1. The molecule has 1 atom stereocenters. The summed E-state index contributed by atoms with van der Waals surface area (Å²) in [5.41, 5.74) is 6.97. The third-order valence-electron chi connectivity index (χ3n) is 4.71. The maximum atomic E-state index is 12.7. The number of benzene rings is 1. The Morgan fingerprint density at radius 3 is 2.77 bits per heavy atom. The molecule has 2 amide bonds. The van der Waals surface area contributed by atoms with Gasteiger partial charge in [0.2, 0.25) is 11.8 Å². The van der Waals surface area contributed by atoms with Crippen LogP contribution in [0, 0.1) is 0 Å². The quantitative estimate of drug-likeness (QED) is 0.485. The van der Waals surface area contributed by atoms with Crippen LogP contribution in [0.2, 0.25) is 0 Å². The van der Waals surface area contributed by atoms with Crippen LogP contribution in [0.3, 0.4) is 0 Å². The van der Waals surface area contributed by atoms with E-state index in [0.29, 0.717) is 44.0 Å². The van der Waals surface area contributed by atoms with E-state index in [0.717, 1.165) is 11.1 Å². The van der Waals surface area contributed by atoms with Crippen LogP contribution < -0.4 is 11.1 Å². The van der Waals surface area contributed by atoms with Crippen LogP contribution in [0.15, 0.2) is 23.1 Å². The van der Waals surface area contributed by atoms with E-state index in [9.17, 15) is 18.0 Å². The summed E-state index contributed by atoms with van der Waals surface area (Å²) in [7, 11) is -3.49. The second-order valence-corrected chi connectivity index (χ2v) is 8.56. The van der Waals surface area contributed by atoms with E-state index in [1.807, 2.05) is 11.0 Å². The number of rotatable bonds is 7. The number of amides is 2. The van der Waals surface area contributed by atoms with E-state index < -0.39 is 15.9 Å². The maximum Gasteiger partial charge on any atom is 0.243 e. The number of ether oxygens (including phenoxy) is 1. The van der Waals surface area contributed by atoms with Gasteiger partial charge in [0.15, 0.2) is 9.84 Å². The van der Waals surface area contributed by atoms with Crippen molar-refractivity contribution in [2.75, 3.05) is 25.5 Å². The summed E-state index contributed by atoms with van der Waals surface area (Å²) in [6.07, 6.45) is 0.751. The van der Waals surface area contributed by atoms with Crippen LogP contribution in [0.25, 0.3) is 0 Å². The summed E-state index contributed by atoms with van der Waals surface area (Å²) in [4.78, 5) is 25.7. The minimum Gasteiger partial charge on any atom is -0.379 e. The zero-order valence-corrected chi connectivity index (χ0v) is 15.3. The zero-order valence-electron chi connectivity index (χ0n) is 14.4. The van der Waals surface area contributed by atoms with Crippen molar-refractivity contribution in [1.29, 1.82) is 0 Å². The number of imide groups is 1. The lowest BCUT2D eigenvalue weighted by Crippen LogP contribution is -2.50. The molecule has 1 saturated heterocycles. The molecule has 0 saturated carbocycles. The van der Waals surface area contributed by atoms with Crippen molar-refractivity contribution >= 4 is 21.7 Å². The van der Waals surface area contributed by atoms with Crippen molar-refractivity contribution in [3.63, 3.8) is 0 Å². The molecule has 2 heterocycles. The number of nitrogens with two attached hydrogens (primary N) is 1. The molecule has 0 radical (unpaired) electrons. The molecule has 2 aliphatic rings. The van der Waals surface area contributed by atoms with E-state index in [4.69, 9.17) is 10.5 Å². The fourth-order valence-electron chi connectivity index (χ4n) is 3.42. The standard InChI is InChI=1S/C17H23N3O5S/c18-6-7-25-8-9-26(23,24)15-3-1-2-12-10-20(11-13(12)15)14-4-5-16(21)19-17(14)22/h1-3,14H,4-11,18H2,(H,19,21,22). The highest BCUT2D eigenvalue weighted by Gasteiger charge is 2.36. The third kappa shape index (κ3) is 3.96. The lowest BCUT2D eigenvalue weighted by molar-refractivity contribution is -0.137. The predicted molar refractivity (Wildman–Crippen MR) is 93.8 cm³/mol. The first-order valence-electron chi connectivity index (χ1n) is 8.61.